The Morgan fingerprint density at radius 3 is 2.73 bits per heavy atom. The zero-order valence-corrected chi connectivity index (χ0v) is 18.9. The summed E-state index contributed by atoms with van der Waals surface area (Å²) in [6.45, 7) is 16.4. The van der Waals surface area contributed by atoms with Gasteiger partial charge in [-0.25, -0.2) is 0 Å². The number of rotatable bonds is 11. The smallest absolute Gasteiger partial charge is 0.311 e. The number of esters is 1. The van der Waals surface area contributed by atoms with E-state index < -0.39 is 5.41 Å². The van der Waals surface area contributed by atoms with Gasteiger partial charge in [-0.15, -0.1) is 0 Å². The van der Waals surface area contributed by atoms with Gasteiger partial charge in [0.05, 0.1) is 30.3 Å². The van der Waals surface area contributed by atoms with Gasteiger partial charge in [0.25, 0.3) is 0 Å². The van der Waals surface area contributed by atoms with Crippen LogP contribution in [0.15, 0.2) is 22.3 Å². The first-order chi connectivity index (χ1) is 12.1. The van der Waals surface area contributed by atoms with E-state index in [1.165, 1.54) is 0 Å². The Kier molecular flexibility index (Phi) is 9.83. The summed E-state index contributed by atoms with van der Waals surface area (Å²) >= 11 is 2.22. The Morgan fingerprint density at radius 2 is 2.15 bits per heavy atom. The molecule has 1 N–H and O–H groups in total. The zero-order valence-electron chi connectivity index (χ0n) is 16.7. The molecule has 1 aliphatic heterocycles. The molecule has 4 nitrogen and oxygen atoms in total. The predicted octanol–water partition coefficient (Wildman–Crippen LogP) is 5.19. The highest BCUT2D eigenvalue weighted by molar-refractivity contribution is 14.1. The van der Waals surface area contributed by atoms with E-state index in [-0.39, 0.29) is 24.3 Å². The third kappa shape index (κ3) is 7.69. The Labute approximate surface area is 172 Å². The summed E-state index contributed by atoms with van der Waals surface area (Å²) in [5, 5.41) is 10.2. The number of allylic oxidation sites excluding steroid dienone is 1. The molecular formula is C21H35IO4. The molecule has 0 aromatic rings. The molecule has 0 aromatic carbocycles. The molecule has 4 atom stereocenters. The zero-order chi connectivity index (χ0) is 19.9. The lowest BCUT2D eigenvalue weighted by atomic mass is 9.85. The molecule has 1 aliphatic rings. The monoisotopic (exact) mass is 478 g/mol. The maximum Gasteiger partial charge on any atom is 0.311 e. The average molecular weight is 478 g/mol. The topological polar surface area (TPSA) is 55.8 Å². The van der Waals surface area contributed by atoms with Crippen molar-refractivity contribution < 1.29 is 19.4 Å². The number of aliphatic hydroxyl groups is 1. The highest BCUT2D eigenvalue weighted by Gasteiger charge is 2.37. The quantitative estimate of drug-likeness (QED) is 0.253. The molecule has 0 radical (unpaired) electrons. The van der Waals surface area contributed by atoms with Crippen LogP contribution in [-0.4, -0.2) is 36.0 Å². The lowest BCUT2D eigenvalue weighted by molar-refractivity contribution is -0.156. The fraction of sp³-hybridized carbons (Fsp3) is 0.762. The molecule has 0 bridgehead atoms. The average Bonchev–Trinajstić information content (AvgIpc) is 2.89. The number of halogens is 1. The van der Waals surface area contributed by atoms with Crippen LogP contribution in [0.3, 0.4) is 0 Å². The Bertz CT molecular complexity index is 500. The maximum atomic E-state index is 12.2. The van der Waals surface area contributed by atoms with Gasteiger partial charge in [-0.05, 0) is 90.0 Å². The van der Waals surface area contributed by atoms with Crippen molar-refractivity contribution in [2.75, 3.05) is 6.61 Å². The van der Waals surface area contributed by atoms with Crippen molar-refractivity contribution >= 4 is 28.6 Å². The van der Waals surface area contributed by atoms with E-state index in [0.29, 0.717) is 25.4 Å². The minimum absolute atomic E-state index is 0.0122. The van der Waals surface area contributed by atoms with Gasteiger partial charge in [-0.2, -0.15) is 0 Å². The highest BCUT2D eigenvalue weighted by Crippen LogP contribution is 2.36. The van der Waals surface area contributed by atoms with E-state index in [9.17, 15) is 9.90 Å². The molecule has 0 unspecified atom stereocenters. The first-order valence-electron chi connectivity index (χ1n) is 9.59. The van der Waals surface area contributed by atoms with Crippen LogP contribution in [0.25, 0.3) is 0 Å². The lowest BCUT2D eigenvalue weighted by Crippen LogP contribution is -2.31. The molecule has 0 aliphatic carbocycles. The molecule has 0 aromatic heterocycles. The largest absolute Gasteiger partial charge is 0.465 e. The van der Waals surface area contributed by atoms with E-state index >= 15 is 0 Å². The van der Waals surface area contributed by atoms with Gasteiger partial charge in [0.1, 0.15) is 0 Å². The molecule has 1 rings (SSSR count). The summed E-state index contributed by atoms with van der Waals surface area (Å²) in [6.07, 6.45) is 3.99. The van der Waals surface area contributed by atoms with Crippen molar-refractivity contribution in [3.8, 4) is 0 Å². The summed E-state index contributed by atoms with van der Waals surface area (Å²) in [6, 6.07) is 0. The number of carbonyl (C=O) groups excluding carboxylic acids is 1. The Balaban J connectivity index is 2.45. The van der Waals surface area contributed by atoms with Crippen molar-refractivity contribution in [1.29, 1.82) is 0 Å². The summed E-state index contributed by atoms with van der Waals surface area (Å²) in [5.41, 5.74) is 0.496. The van der Waals surface area contributed by atoms with E-state index in [1.54, 1.807) is 0 Å². The SMILES string of the molecule is C=C(I)[C@H](C)C[C@H](O)CC[C@@H]1O[C@H](CC(C)(C)C(=O)OCCC)CC1=C. The minimum Gasteiger partial charge on any atom is -0.465 e. The molecular weight excluding hydrogens is 443 g/mol. The second kappa shape index (κ2) is 10.8. The molecule has 0 saturated carbocycles. The molecule has 0 amide bonds. The molecule has 5 heteroatoms. The Morgan fingerprint density at radius 1 is 1.50 bits per heavy atom. The summed E-state index contributed by atoms with van der Waals surface area (Å²) in [7, 11) is 0. The van der Waals surface area contributed by atoms with E-state index in [0.717, 1.165) is 34.8 Å². The van der Waals surface area contributed by atoms with Crippen LogP contribution in [0.1, 0.15) is 66.2 Å². The molecule has 150 valence electrons. The van der Waals surface area contributed by atoms with E-state index in [1.807, 2.05) is 20.8 Å². The van der Waals surface area contributed by atoms with Gasteiger partial charge in [0.2, 0.25) is 0 Å². The van der Waals surface area contributed by atoms with Gasteiger partial charge < -0.3 is 14.6 Å². The van der Waals surface area contributed by atoms with Crippen molar-refractivity contribution in [2.24, 2.45) is 11.3 Å². The van der Waals surface area contributed by atoms with E-state index in [4.69, 9.17) is 9.47 Å². The van der Waals surface area contributed by atoms with Gasteiger partial charge in [-0.1, -0.05) is 27.0 Å². The van der Waals surface area contributed by atoms with Crippen molar-refractivity contribution in [2.45, 2.75) is 84.5 Å². The summed E-state index contributed by atoms with van der Waals surface area (Å²) < 4.78 is 12.5. The number of carbonyl (C=O) groups is 1. The summed E-state index contributed by atoms with van der Waals surface area (Å²) in [4.78, 5) is 12.2. The van der Waals surface area contributed by atoms with Crippen LogP contribution in [0.2, 0.25) is 0 Å². The van der Waals surface area contributed by atoms with Crippen LogP contribution in [0.4, 0.5) is 0 Å². The Hall–Kier alpha value is -0.400. The molecule has 0 spiro atoms. The minimum atomic E-state index is -0.565. The van der Waals surface area contributed by atoms with Gasteiger partial charge >= 0.3 is 5.97 Å². The second-order valence-corrected chi connectivity index (χ2v) is 9.53. The van der Waals surface area contributed by atoms with Gasteiger partial charge in [0.15, 0.2) is 0 Å². The first-order valence-corrected chi connectivity index (χ1v) is 10.7. The summed E-state index contributed by atoms with van der Waals surface area (Å²) in [5.74, 6) is 0.140. The third-order valence-corrected chi connectivity index (χ3v) is 6.02. The van der Waals surface area contributed by atoms with Crippen LogP contribution >= 0.6 is 22.6 Å². The molecule has 1 saturated heterocycles. The second-order valence-electron chi connectivity index (χ2n) is 8.15. The fourth-order valence-corrected chi connectivity index (χ4v) is 3.49. The number of aliphatic hydroxyl groups excluding tert-OH is 1. The third-order valence-electron chi connectivity index (χ3n) is 4.95. The van der Waals surface area contributed by atoms with Crippen molar-refractivity contribution in [3.63, 3.8) is 0 Å². The van der Waals surface area contributed by atoms with Crippen LogP contribution < -0.4 is 0 Å². The van der Waals surface area contributed by atoms with Gasteiger partial charge in [0, 0.05) is 0 Å². The van der Waals surface area contributed by atoms with Crippen LogP contribution in [0, 0.1) is 11.3 Å². The van der Waals surface area contributed by atoms with Crippen LogP contribution in [0.5, 0.6) is 0 Å². The van der Waals surface area contributed by atoms with Crippen LogP contribution in [-0.2, 0) is 14.3 Å². The molecule has 1 fully saturated rings. The van der Waals surface area contributed by atoms with E-state index in [2.05, 4.69) is 42.7 Å². The number of hydrogen-bond acceptors (Lipinski definition) is 4. The molecule has 1 heterocycles. The maximum absolute atomic E-state index is 12.2. The van der Waals surface area contributed by atoms with Crippen molar-refractivity contribution in [3.05, 3.63) is 22.3 Å². The molecule has 26 heavy (non-hydrogen) atoms. The normalized spacial score (nSPS) is 22.9. The number of ether oxygens (including phenoxy) is 2. The first kappa shape index (κ1) is 23.6. The predicted molar refractivity (Wildman–Crippen MR) is 114 cm³/mol. The standard InChI is InChI=1S/C21H35IO4/c1-7-10-25-20(24)21(5,6)13-18-12-15(3)19(26-18)9-8-17(23)11-14(2)16(4)22/h14,17-19,23H,3-4,7-13H2,1-2,5-6H3/t14-,17-,18+,19+/m1/s1. The fourth-order valence-electron chi connectivity index (χ4n) is 3.23. The van der Waals surface area contributed by atoms with Gasteiger partial charge in [-0.3, -0.25) is 4.79 Å². The highest BCUT2D eigenvalue weighted by atomic mass is 127. The lowest BCUT2D eigenvalue weighted by Gasteiger charge is -2.26. The van der Waals surface area contributed by atoms with Crippen molar-refractivity contribution in [1.82, 2.24) is 0 Å². The number of hydrogen-bond donors (Lipinski definition) is 1.